The number of anilines is 1. The van der Waals surface area contributed by atoms with E-state index in [1.807, 2.05) is 18.0 Å². The summed E-state index contributed by atoms with van der Waals surface area (Å²) in [6.07, 6.45) is 0.712. The Hall–Kier alpha value is -1.13. The van der Waals surface area contributed by atoms with E-state index < -0.39 is 12.2 Å². The first kappa shape index (κ1) is 11.9. The van der Waals surface area contributed by atoms with Gasteiger partial charge in [-0.05, 0) is 19.9 Å². The van der Waals surface area contributed by atoms with Crippen LogP contribution in [0.2, 0.25) is 0 Å². The molecule has 84 valence electrons. The highest BCUT2D eigenvalue weighted by molar-refractivity contribution is 5.47. The summed E-state index contributed by atoms with van der Waals surface area (Å²) in [7, 11) is 1.85. The fourth-order valence-corrected chi connectivity index (χ4v) is 1.54. The summed E-state index contributed by atoms with van der Waals surface area (Å²) in [6.45, 7) is 3.93. The number of pyridine rings is 1. The highest BCUT2D eigenvalue weighted by Gasteiger charge is 2.13. The van der Waals surface area contributed by atoms with Crippen molar-refractivity contribution >= 4 is 5.82 Å². The highest BCUT2D eigenvalue weighted by atomic mass is 16.3. The Bertz CT molecular complexity index is 313. The van der Waals surface area contributed by atoms with E-state index in [0.29, 0.717) is 12.4 Å². The molecule has 1 aromatic rings. The molecule has 1 heterocycles. The van der Waals surface area contributed by atoms with Crippen LogP contribution in [0, 0.1) is 0 Å². The summed E-state index contributed by atoms with van der Waals surface area (Å²) in [5.74, 6) is 0.716. The van der Waals surface area contributed by atoms with Crippen LogP contribution in [0.25, 0.3) is 0 Å². The predicted molar refractivity (Wildman–Crippen MR) is 59.8 cm³/mol. The van der Waals surface area contributed by atoms with E-state index in [2.05, 4.69) is 4.98 Å². The first-order valence-electron chi connectivity index (χ1n) is 5.04. The summed E-state index contributed by atoms with van der Waals surface area (Å²) in [4.78, 5) is 6.05. The third-order valence-corrected chi connectivity index (χ3v) is 2.17. The predicted octanol–water partition coefficient (Wildman–Crippen LogP) is 0.952. The van der Waals surface area contributed by atoms with Crippen molar-refractivity contribution in [3.63, 3.8) is 0 Å². The van der Waals surface area contributed by atoms with Crippen LogP contribution in [0.15, 0.2) is 18.3 Å². The van der Waals surface area contributed by atoms with E-state index in [-0.39, 0.29) is 0 Å². The van der Waals surface area contributed by atoms with Crippen molar-refractivity contribution in [2.24, 2.45) is 0 Å². The van der Waals surface area contributed by atoms with Crippen LogP contribution in [-0.4, -0.2) is 34.9 Å². The van der Waals surface area contributed by atoms with Crippen molar-refractivity contribution in [3.05, 3.63) is 23.9 Å². The summed E-state index contributed by atoms with van der Waals surface area (Å²) in [5, 5.41) is 18.8. The number of aliphatic hydroxyl groups is 2. The number of likely N-dealkylation sites (N-methyl/N-ethyl adjacent to an activating group) is 1. The molecule has 0 aliphatic heterocycles. The lowest BCUT2D eigenvalue weighted by molar-refractivity contribution is 0.194. The van der Waals surface area contributed by atoms with Crippen molar-refractivity contribution in [1.29, 1.82) is 0 Å². The van der Waals surface area contributed by atoms with Crippen LogP contribution in [0.3, 0.4) is 0 Å². The number of aliphatic hydroxyl groups excluding tert-OH is 2. The number of aromatic nitrogens is 1. The molecule has 0 fully saturated rings. The molecule has 0 saturated heterocycles. The molecular formula is C11H18N2O2. The van der Waals surface area contributed by atoms with Crippen molar-refractivity contribution in [3.8, 4) is 0 Å². The molecule has 0 aliphatic carbocycles. The Morgan fingerprint density at radius 2 is 2.07 bits per heavy atom. The molecule has 0 aliphatic rings. The maximum Gasteiger partial charge on any atom is 0.134 e. The molecule has 1 unspecified atom stereocenters. The quantitative estimate of drug-likeness (QED) is 0.777. The van der Waals surface area contributed by atoms with Gasteiger partial charge in [0.25, 0.3) is 0 Å². The van der Waals surface area contributed by atoms with Crippen molar-refractivity contribution in [1.82, 2.24) is 4.98 Å². The maximum atomic E-state index is 9.56. The van der Waals surface area contributed by atoms with Crippen molar-refractivity contribution < 1.29 is 10.2 Å². The summed E-state index contributed by atoms with van der Waals surface area (Å²) < 4.78 is 0. The Labute approximate surface area is 90.2 Å². The summed E-state index contributed by atoms with van der Waals surface area (Å²) >= 11 is 0. The smallest absolute Gasteiger partial charge is 0.134 e. The number of rotatable bonds is 4. The molecule has 1 rings (SSSR count). The minimum atomic E-state index is -0.551. The molecule has 0 bridgehead atoms. The van der Waals surface area contributed by atoms with Crippen LogP contribution in [0.4, 0.5) is 5.82 Å². The van der Waals surface area contributed by atoms with E-state index in [9.17, 15) is 10.2 Å². The normalized spacial score (nSPS) is 14.7. The molecule has 2 N–H and O–H groups in total. The zero-order chi connectivity index (χ0) is 11.4. The van der Waals surface area contributed by atoms with Crippen LogP contribution in [0.1, 0.15) is 25.5 Å². The van der Waals surface area contributed by atoms with Gasteiger partial charge in [-0.3, -0.25) is 0 Å². The molecule has 0 aromatic carbocycles. The van der Waals surface area contributed by atoms with Gasteiger partial charge in [-0.2, -0.15) is 0 Å². The average Bonchev–Trinajstić information content (AvgIpc) is 2.16. The Morgan fingerprint density at radius 3 is 2.60 bits per heavy atom. The second-order valence-electron chi connectivity index (χ2n) is 3.82. The summed E-state index contributed by atoms with van der Waals surface area (Å²) in [5.41, 5.74) is 0.778. The Balaban J connectivity index is 2.92. The standard InChI is InChI=1S/C11H18N2O2/c1-8(14)7-13(3)11-10(9(2)15)5-4-6-12-11/h4-6,8-9,14-15H,7H2,1-3H3/t8?,9-/m0/s1. The lowest BCUT2D eigenvalue weighted by atomic mass is 10.1. The number of hydrogen-bond acceptors (Lipinski definition) is 4. The van der Waals surface area contributed by atoms with Gasteiger partial charge in [0, 0.05) is 25.4 Å². The molecule has 0 radical (unpaired) electrons. The second-order valence-corrected chi connectivity index (χ2v) is 3.82. The van der Waals surface area contributed by atoms with Crippen LogP contribution >= 0.6 is 0 Å². The third kappa shape index (κ3) is 3.18. The second kappa shape index (κ2) is 5.09. The van der Waals surface area contributed by atoms with Crippen molar-refractivity contribution in [2.45, 2.75) is 26.1 Å². The van der Waals surface area contributed by atoms with E-state index in [4.69, 9.17) is 0 Å². The van der Waals surface area contributed by atoms with E-state index in [1.165, 1.54) is 0 Å². The number of nitrogens with zero attached hydrogens (tertiary/aromatic N) is 2. The molecule has 2 atom stereocenters. The molecular weight excluding hydrogens is 192 g/mol. The van der Waals surface area contributed by atoms with Gasteiger partial charge in [0.05, 0.1) is 12.2 Å². The van der Waals surface area contributed by atoms with Gasteiger partial charge in [-0.15, -0.1) is 0 Å². The van der Waals surface area contributed by atoms with Gasteiger partial charge < -0.3 is 15.1 Å². The fraction of sp³-hybridized carbons (Fsp3) is 0.545. The van der Waals surface area contributed by atoms with Crippen LogP contribution < -0.4 is 4.90 Å². The molecule has 0 spiro atoms. The Morgan fingerprint density at radius 1 is 1.40 bits per heavy atom. The van der Waals surface area contributed by atoms with Gasteiger partial charge in [0.15, 0.2) is 0 Å². The summed E-state index contributed by atoms with van der Waals surface area (Å²) in [6, 6.07) is 3.63. The maximum absolute atomic E-state index is 9.56. The minimum absolute atomic E-state index is 0.418. The molecule has 0 saturated carbocycles. The SMILES string of the molecule is CC(O)CN(C)c1ncccc1[C@H](C)O. The average molecular weight is 210 g/mol. The minimum Gasteiger partial charge on any atom is -0.392 e. The first-order valence-corrected chi connectivity index (χ1v) is 5.04. The Kier molecular flexibility index (Phi) is 4.05. The van der Waals surface area contributed by atoms with E-state index >= 15 is 0 Å². The van der Waals surface area contributed by atoms with Crippen LogP contribution in [0.5, 0.6) is 0 Å². The fourth-order valence-electron chi connectivity index (χ4n) is 1.54. The lowest BCUT2D eigenvalue weighted by Gasteiger charge is -2.23. The van der Waals surface area contributed by atoms with E-state index in [1.54, 1.807) is 26.1 Å². The van der Waals surface area contributed by atoms with Gasteiger partial charge in [-0.25, -0.2) is 4.98 Å². The van der Waals surface area contributed by atoms with Gasteiger partial charge >= 0.3 is 0 Å². The van der Waals surface area contributed by atoms with E-state index in [0.717, 1.165) is 5.56 Å². The van der Waals surface area contributed by atoms with Crippen molar-refractivity contribution in [2.75, 3.05) is 18.5 Å². The zero-order valence-electron chi connectivity index (χ0n) is 9.38. The zero-order valence-corrected chi connectivity index (χ0v) is 9.38. The monoisotopic (exact) mass is 210 g/mol. The van der Waals surface area contributed by atoms with Gasteiger partial charge in [0.2, 0.25) is 0 Å². The van der Waals surface area contributed by atoms with Gasteiger partial charge in [-0.1, -0.05) is 6.07 Å². The lowest BCUT2D eigenvalue weighted by Crippen LogP contribution is -2.28. The first-order chi connectivity index (χ1) is 7.02. The van der Waals surface area contributed by atoms with Gasteiger partial charge in [0.1, 0.15) is 5.82 Å². The molecule has 4 heteroatoms. The molecule has 4 nitrogen and oxygen atoms in total. The molecule has 0 amide bonds. The highest BCUT2D eigenvalue weighted by Crippen LogP contribution is 2.22. The van der Waals surface area contributed by atoms with Crippen LogP contribution in [-0.2, 0) is 0 Å². The molecule has 1 aromatic heterocycles. The topological polar surface area (TPSA) is 56.6 Å². The molecule has 15 heavy (non-hydrogen) atoms. The third-order valence-electron chi connectivity index (χ3n) is 2.17. The largest absolute Gasteiger partial charge is 0.392 e. The number of hydrogen-bond donors (Lipinski definition) is 2.